The molecule has 6 heteroatoms. The summed E-state index contributed by atoms with van der Waals surface area (Å²) >= 11 is 0. The number of carboxylic acid groups (broad SMARTS) is 1. The highest BCUT2D eigenvalue weighted by atomic mass is 16.5. The van der Waals surface area contributed by atoms with Crippen molar-refractivity contribution in [2.75, 3.05) is 12.3 Å². The lowest BCUT2D eigenvalue weighted by Crippen LogP contribution is -2.39. The summed E-state index contributed by atoms with van der Waals surface area (Å²) in [4.78, 5) is 22.7. The zero-order valence-electron chi connectivity index (χ0n) is 11.8. The Bertz CT molecular complexity index is 500. The van der Waals surface area contributed by atoms with E-state index in [1.165, 1.54) is 18.2 Å². The van der Waals surface area contributed by atoms with Gasteiger partial charge in [0.05, 0.1) is 5.69 Å². The first-order chi connectivity index (χ1) is 9.32. The number of rotatable bonds is 6. The third-order valence-electron chi connectivity index (χ3n) is 3.01. The number of carbonyl (C=O) groups excluding carboxylic acids is 1. The Kier molecular flexibility index (Phi) is 5.37. The summed E-state index contributed by atoms with van der Waals surface area (Å²) in [6.07, 6.45) is 0. The minimum absolute atomic E-state index is 0.0122. The number of carbonyl (C=O) groups is 2. The van der Waals surface area contributed by atoms with Gasteiger partial charge in [-0.1, -0.05) is 19.9 Å². The van der Waals surface area contributed by atoms with E-state index in [2.05, 4.69) is 5.32 Å². The maximum Gasteiger partial charge on any atom is 0.339 e. The molecule has 20 heavy (non-hydrogen) atoms. The number of hydrogen-bond acceptors (Lipinski definition) is 4. The molecular formula is C14H20N2O4. The summed E-state index contributed by atoms with van der Waals surface area (Å²) in [6, 6.07) is 4.43. The maximum absolute atomic E-state index is 11.7. The minimum atomic E-state index is -1.15. The van der Waals surface area contributed by atoms with Crippen molar-refractivity contribution < 1.29 is 19.4 Å². The highest BCUT2D eigenvalue weighted by Crippen LogP contribution is 2.26. The third kappa shape index (κ3) is 4.15. The van der Waals surface area contributed by atoms with Crippen LogP contribution in [0.1, 0.15) is 31.1 Å². The standard InChI is InChI=1S/C14H20N2O4/c1-8(2)9(3)16-12(17)7-20-13-10(14(18)19)5-4-6-11(13)15/h4-6,8-9H,7,15H2,1-3H3,(H,16,17)(H,18,19). The molecule has 1 aromatic rings. The molecule has 0 aliphatic rings. The van der Waals surface area contributed by atoms with Gasteiger partial charge in [0, 0.05) is 6.04 Å². The number of nitrogen functional groups attached to an aromatic ring is 1. The monoisotopic (exact) mass is 280 g/mol. The Morgan fingerprint density at radius 1 is 1.35 bits per heavy atom. The Labute approximate surface area is 117 Å². The predicted molar refractivity (Wildman–Crippen MR) is 75.8 cm³/mol. The van der Waals surface area contributed by atoms with Crippen molar-refractivity contribution in [3.05, 3.63) is 23.8 Å². The van der Waals surface area contributed by atoms with Crippen LogP contribution in [0.5, 0.6) is 5.75 Å². The highest BCUT2D eigenvalue weighted by molar-refractivity contribution is 5.93. The lowest BCUT2D eigenvalue weighted by molar-refractivity contribution is -0.124. The Balaban J connectivity index is 2.71. The van der Waals surface area contributed by atoms with Crippen LogP contribution in [0, 0.1) is 5.92 Å². The third-order valence-corrected chi connectivity index (χ3v) is 3.01. The van der Waals surface area contributed by atoms with E-state index in [0.717, 1.165) is 0 Å². The number of carboxylic acids is 1. The van der Waals surface area contributed by atoms with Crippen molar-refractivity contribution in [1.82, 2.24) is 5.32 Å². The molecule has 0 fully saturated rings. The van der Waals surface area contributed by atoms with Crippen LogP contribution in [-0.4, -0.2) is 29.6 Å². The molecule has 1 atom stereocenters. The number of amides is 1. The zero-order valence-corrected chi connectivity index (χ0v) is 11.8. The molecule has 1 aromatic carbocycles. The molecule has 0 aromatic heterocycles. The molecule has 0 aliphatic heterocycles. The molecule has 1 amide bonds. The summed E-state index contributed by atoms with van der Waals surface area (Å²) in [7, 11) is 0. The Hall–Kier alpha value is -2.24. The molecule has 6 nitrogen and oxygen atoms in total. The second kappa shape index (κ2) is 6.79. The van der Waals surface area contributed by atoms with Crippen LogP contribution < -0.4 is 15.8 Å². The number of para-hydroxylation sites is 1. The van der Waals surface area contributed by atoms with Crippen molar-refractivity contribution in [3.63, 3.8) is 0 Å². The van der Waals surface area contributed by atoms with E-state index in [9.17, 15) is 9.59 Å². The molecule has 1 unspecified atom stereocenters. The van der Waals surface area contributed by atoms with E-state index >= 15 is 0 Å². The SMILES string of the molecule is CC(C)C(C)NC(=O)COc1c(N)cccc1C(=O)O. The van der Waals surface area contributed by atoms with Crippen molar-refractivity contribution in [1.29, 1.82) is 0 Å². The minimum Gasteiger partial charge on any atom is -0.481 e. The average molecular weight is 280 g/mol. The van der Waals surface area contributed by atoms with Gasteiger partial charge in [0.25, 0.3) is 5.91 Å². The van der Waals surface area contributed by atoms with E-state index in [1.807, 2.05) is 20.8 Å². The number of nitrogens with one attached hydrogen (secondary N) is 1. The topological polar surface area (TPSA) is 102 Å². The summed E-state index contributed by atoms with van der Waals surface area (Å²) in [6.45, 7) is 5.60. The molecule has 0 saturated heterocycles. The van der Waals surface area contributed by atoms with Gasteiger partial charge in [0.15, 0.2) is 12.4 Å². The highest BCUT2D eigenvalue weighted by Gasteiger charge is 2.16. The molecular weight excluding hydrogens is 260 g/mol. The van der Waals surface area contributed by atoms with E-state index in [1.54, 1.807) is 0 Å². The number of aromatic carboxylic acids is 1. The van der Waals surface area contributed by atoms with E-state index in [0.29, 0.717) is 5.92 Å². The summed E-state index contributed by atoms with van der Waals surface area (Å²) in [5.74, 6) is -1.14. The van der Waals surface area contributed by atoms with Crippen LogP contribution >= 0.6 is 0 Å². The molecule has 0 heterocycles. The van der Waals surface area contributed by atoms with Crippen molar-refractivity contribution >= 4 is 17.6 Å². The zero-order chi connectivity index (χ0) is 15.3. The van der Waals surface area contributed by atoms with Gasteiger partial charge in [0.2, 0.25) is 0 Å². The first-order valence-corrected chi connectivity index (χ1v) is 6.36. The number of nitrogens with two attached hydrogens (primary N) is 1. The summed E-state index contributed by atoms with van der Waals surface area (Å²) < 4.78 is 5.25. The second-order valence-corrected chi connectivity index (χ2v) is 4.92. The number of benzene rings is 1. The smallest absolute Gasteiger partial charge is 0.339 e. The fourth-order valence-electron chi connectivity index (χ4n) is 1.48. The predicted octanol–water partition coefficient (Wildman–Crippen LogP) is 1.51. The van der Waals surface area contributed by atoms with Crippen LogP contribution in [0.3, 0.4) is 0 Å². The lowest BCUT2D eigenvalue weighted by Gasteiger charge is -2.18. The fourth-order valence-corrected chi connectivity index (χ4v) is 1.48. The quantitative estimate of drug-likeness (QED) is 0.685. The van der Waals surface area contributed by atoms with Crippen molar-refractivity contribution in [2.24, 2.45) is 5.92 Å². The molecule has 0 bridgehead atoms. The molecule has 1 rings (SSSR count). The van der Waals surface area contributed by atoms with Crippen LogP contribution in [0.2, 0.25) is 0 Å². The fraction of sp³-hybridized carbons (Fsp3) is 0.429. The first-order valence-electron chi connectivity index (χ1n) is 6.36. The van der Waals surface area contributed by atoms with Gasteiger partial charge in [0.1, 0.15) is 5.56 Å². The lowest BCUT2D eigenvalue weighted by atomic mass is 10.1. The number of ether oxygens (including phenoxy) is 1. The largest absolute Gasteiger partial charge is 0.481 e. The van der Waals surface area contributed by atoms with Gasteiger partial charge < -0.3 is 20.9 Å². The Morgan fingerprint density at radius 2 is 2.00 bits per heavy atom. The van der Waals surface area contributed by atoms with Crippen LogP contribution in [0.15, 0.2) is 18.2 Å². The van der Waals surface area contributed by atoms with Gasteiger partial charge in [-0.15, -0.1) is 0 Å². The molecule has 110 valence electrons. The molecule has 0 aliphatic carbocycles. The van der Waals surface area contributed by atoms with Crippen molar-refractivity contribution in [3.8, 4) is 5.75 Å². The second-order valence-electron chi connectivity index (χ2n) is 4.92. The van der Waals surface area contributed by atoms with Crippen molar-refractivity contribution in [2.45, 2.75) is 26.8 Å². The number of anilines is 1. The first kappa shape index (κ1) is 15.8. The number of hydrogen-bond donors (Lipinski definition) is 3. The van der Waals surface area contributed by atoms with Gasteiger partial charge >= 0.3 is 5.97 Å². The van der Waals surface area contributed by atoms with Gasteiger partial charge in [-0.25, -0.2) is 4.79 Å². The van der Waals surface area contributed by atoms with E-state index < -0.39 is 5.97 Å². The van der Waals surface area contributed by atoms with Crippen LogP contribution in [-0.2, 0) is 4.79 Å². The van der Waals surface area contributed by atoms with Gasteiger partial charge in [-0.3, -0.25) is 4.79 Å². The average Bonchev–Trinajstić information content (AvgIpc) is 2.36. The van der Waals surface area contributed by atoms with Crippen LogP contribution in [0.25, 0.3) is 0 Å². The van der Waals surface area contributed by atoms with Crippen LogP contribution in [0.4, 0.5) is 5.69 Å². The summed E-state index contributed by atoms with van der Waals surface area (Å²) in [5.41, 5.74) is 5.80. The van der Waals surface area contributed by atoms with E-state index in [-0.39, 0.29) is 35.6 Å². The van der Waals surface area contributed by atoms with Gasteiger partial charge in [-0.2, -0.15) is 0 Å². The molecule has 0 spiro atoms. The normalized spacial score (nSPS) is 12.0. The maximum atomic E-state index is 11.7. The molecule has 4 N–H and O–H groups in total. The molecule has 0 radical (unpaired) electrons. The Morgan fingerprint density at radius 3 is 2.55 bits per heavy atom. The molecule has 0 saturated carbocycles. The van der Waals surface area contributed by atoms with E-state index in [4.69, 9.17) is 15.6 Å². The van der Waals surface area contributed by atoms with Gasteiger partial charge in [-0.05, 0) is 25.0 Å². The summed E-state index contributed by atoms with van der Waals surface area (Å²) in [5, 5.41) is 11.8.